The number of sulfonamides is 1. The van der Waals surface area contributed by atoms with E-state index in [0.29, 0.717) is 55.8 Å². The van der Waals surface area contributed by atoms with Crippen molar-refractivity contribution in [2.75, 3.05) is 29.3 Å². The zero-order valence-electron chi connectivity index (χ0n) is 18.2. The maximum Gasteiger partial charge on any atom is 0.418 e. The molecule has 0 amide bonds. The summed E-state index contributed by atoms with van der Waals surface area (Å²) in [6.07, 6.45) is -2.70. The molecule has 180 valence electrons. The van der Waals surface area contributed by atoms with Crippen LogP contribution in [-0.2, 0) is 22.6 Å². The van der Waals surface area contributed by atoms with E-state index in [1.165, 1.54) is 6.07 Å². The first-order chi connectivity index (χ1) is 16.2. The van der Waals surface area contributed by atoms with Crippen molar-refractivity contribution in [2.45, 2.75) is 30.5 Å². The molecule has 0 atom stereocenters. The van der Waals surface area contributed by atoms with E-state index in [1.807, 2.05) is 4.90 Å². The van der Waals surface area contributed by atoms with Gasteiger partial charge in [-0.25, -0.2) is 9.97 Å². The molecule has 0 unspecified atom stereocenters. The van der Waals surface area contributed by atoms with Crippen LogP contribution >= 0.6 is 0 Å². The lowest BCUT2D eigenvalue weighted by molar-refractivity contribution is -0.137. The number of alkyl halides is 3. The molecule has 0 aliphatic carbocycles. The van der Waals surface area contributed by atoms with Crippen molar-refractivity contribution in [2.24, 2.45) is 5.73 Å². The normalized spacial score (nSPS) is 16.1. The molecule has 0 saturated carbocycles. The SMILES string of the molecule is NCCN1CCCCc2ccccc2-c2nc(ccc2C(F)(F)F)NS(=O)(=O)c2cccc1n2. The Morgan fingerprint density at radius 1 is 1.00 bits per heavy atom. The maximum atomic E-state index is 13.8. The fourth-order valence-corrected chi connectivity index (χ4v) is 4.92. The molecule has 1 aliphatic heterocycles. The standard InChI is InChI=1S/C23H24F3N5O2S/c24-23(25,26)18-11-12-19-28-22(18)17-8-2-1-6-16(17)7-3-4-14-31(15-13-27)20-9-5-10-21(29-20)34(32,33)30-19/h1-2,5-6,8-12H,3-4,7,13-15,27H2,(H,28,30). The number of pyridine rings is 2. The molecule has 0 saturated heterocycles. The van der Waals surface area contributed by atoms with Crippen molar-refractivity contribution in [3.05, 3.63) is 65.7 Å². The maximum absolute atomic E-state index is 13.8. The van der Waals surface area contributed by atoms with E-state index in [4.69, 9.17) is 5.73 Å². The number of hydrogen-bond acceptors (Lipinski definition) is 6. The second kappa shape index (κ2) is 9.59. The largest absolute Gasteiger partial charge is 0.418 e. The van der Waals surface area contributed by atoms with Gasteiger partial charge in [-0.1, -0.05) is 30.3 Å². The van der Waals surface area contributed by atoms with Crippen LogP contribution in [0.5, 0.6) is 0 Å². The summed E-state index contributed by atoms with van der Waals surface area (Å²) in [4.78, 5) is 10.3. The third kappa shape index (κ3) is 5.15. The Balaban J connectivity index is 1.87. The van der Waals surface area contributed by atoms with Crippen LogP contribution < -0.4 is 15.4 Å². The Morgan fingerprint density at radius 3 is 2.56 bits per heavy atom. The Kier molecular flexibility index (Phi) is 6.76. The van der Waals surface area contributed by atoms with E-state index in [0.717, 1.165) is 12.1 Å². The third-order valence-electron chi connectivity index (χ3n) is 5.54. The number of nitrogens with two attached hydrogens (primary N) is 1. The Labute approximate surface area is 195 Å². The molecule has 0 spiro atoms. The number of halogens is 3. The van der Waals surface area contributed by atoms with E-state index in [1.54, 1.807) is 36.4 Å². The van der Waals surface area contributed by atoms with Crippen molar-refractivity contribution in [1.29, 1.82) is 0 Å². The summed E-state index contributed by atoms with van der Waals surface area (Å²) in [6, 6.07) is 13.2. The van der Waals surface area contributed by atoms with Gasteiger partial charge in [0.1, 0.15) is 11.6 Å². The molecule has 11 heteroatoms. The smallest absolute Gasteiger partial charge is 0.355 e. The molecule has 4 bridgehead atoms. The molecule has 4 rings (SSSR count). The summed E-state index contributed by atoms with van der Waals surface area (Å²) in [5.41, 5.74) is 5.53. The minimum Gasteiger partial charge on any atom is -0.355 e. The van der Waals surface area contributed by atoms with Gasteiger partial charge in [-0.3, -0.25) is 4.72 Å². The van der Waals surface area contributed by atoms with Gasteiger partial charge in [-0.2, -0.15) is 21.6 Å². The Bertz CT molecular complexity index is 1280. The number of rotatable bonds is 2. The van der Waals surface area contributed by atoms with Crippen LogP contribution in [0.1, 0.15) is 24.0 Å². The van der Waals surface area contributed by atoms with Crippen molar-refractivity contribution < 1.29 is 21.6 Å². The summed E-state index contributed by atoms with van der Waals surface area (Å²) in [6.45, 7) is 1.41. The second-order valence-electron chi connectivity index (χ2n) is 7.92. The van der Waals surface area contributed by atoms with Gasteiger partial charge in [0.2, 0.25) is 0 Å². The highest BCUT2D eigenvalue weighted by Gasteiger charge is 2.35. The zero-order chi connectivity index (χ0) is 24.3. The molecule has 3 heterocycles. The molecule has 1 aliphatic rings. The van der Waals surface area contributed by atoms with Crippen molar-refractivity contribution in [3.63, 3.8) is 0 Å². The van der Waals surface area contributed by atoms with Crippen LogP contribution in [0.4, 0.5) is 24.8 Å². The highest BCUT2D eigenvalue weighted by Crippen LogP contribution is 2.38. The van der Waals surface area contributed by atoms with Gasteiger partial charge in [0.05, 0.1) is 11.3 Å². The minimum absolute atomic E-state index is 0.223. The molecular weight excluding hydrogens is 467 g/mol. The average molecular weight is 492 g/mol. The average Bonchev–Trinajstić information content (AvgIpc) is 2.80. The van der Waals surface area contributed by atoms with Crippen LogP contribution in [0, 0.1) is 0 Å². The lowest BCUT2D eigenvalue weighted by Crippen LogP contribution is -2.31. The quantitative estimate of drug-likeness (QED) is 0.561. The van der Waals surface area contributed by atoms with Gasteiger partial charge in [0.15, 0.2) is 5.03 Å². The van der Waals surface area contributed by atoms with E-state index < -0.39 is 21.8 Å². The Morgan fingerprint density at radius 2 is 1.79 bits per heavy atom. The predicted octanol–water partition coefficient (Wildman–Crippen LogP) is 4.06. The first-order valence-electron chi connectivity index (χ1n) is 10.8. The zero-order valence-corrected chi connectivity index (χ0v) is 19.0. The summed E-state index contributed by atoms with van der Waals surface area (Å²) in [7, 11) is -4.20. The molecular formula is C23H24F3N5O2S. The summed E-state index contributed by atoms with van der Waals surface area (Å²) in [5, 5.41) is -0.259. The van der Waals surface area contributed by atoms with Crippen LogP contribution in [0.3, 0.4) is 0 Å². The second-order valence-corrected chi connectivity index (χ2v) is 9.55. The molecule has 3 aromatic rings. The summed E-state index contributed by atoms with van der Waals surface area (Å²) in [5.74, 6) is 0.239. The number of hydrogen-bond donors (Lipinski definition) is 2. The van der Waals surface area contributed by atoms with E-state index in [-0.39, 0.29) is 16.5 Å². The molecule has 3 N–H and O–H groups in total. The number of aryl methyl sites for hydroxylation is 1. The minimum atomic E-state index is -4.66. The number of nitrogens with one attached hydrogen (secondary N) is 1. The molecule has 34 heavy (non-hydrogen) atoms. The number of nitrogens with zero attached hydrogens (tertiary/aromatic N) is 3. The van der Waals surface area contributed by atoms with Gasteiger partial charge in [0.25, 0.3) is 10.0 Å². The Hall–Kier alpha value is -3.18. The highest BCUT2D eigenvalue weighted by molar-refractivity contribution is 7.92. The van der Waals surface area contributed by atoms with Crippen molar-refractivity contribution in [3.8, 4) is 11.3 Å². The van der Waals surface area contributed by atoms with Gasteiger partial charge in [0, 0.05) is 25.2 Å². The summed E-state index contributed by atoms with van der Waals surface area (Å²) < 4.78 is 69.8. The van der Waals surface area contributed by atoms with E-state index >= 15 is 0 Å². The van der Waals surface area contributed by atoms with Crippen molar-refractivity contribution in [1.82, 2.24) is 9.97 Å². The van der Waals surface area contributed by atoms with Gasteiger partial charge < -0.3 is 10.6 Å². The van der Waals surface area contributed by atoms with Crippen LogP contribution in [0.25, 0.3) is 11.3 Å². The first kappa shape index (κ1) is 24.0. The number of aromatic nitrogens is 2. The number of fused-ring (bicyclic) bond motifs is 6. The van der Waals surface area contributed by atoms with Gasteiger partial charge in [-0.15, -0.1) is 0 Å². The molecule has 2 aromatic heterocycles. The third-order valence-corrected chi connectivity index (χ3v) is 6.80. The van der Waals surface area contributed by atoms with Gasteiger partial charge >= 0.3 is 6.18 Å². The van der Waals surface area contributed by atoms with Crippen molar-refractivity contribution >= 4 is 21.7 Å². The van der Waals surface area contributed by atoms with Gasteiger partial charge in [-0.05, 0) is 49.1 Å². The first-order valence-corrected chi connectivity index (χ1v) is 12.3. The lowest BCUT2D eigenvalue weighted by atomic mass is 9.96. The van der Waals surface area contributed by atoms with E-state index in [9.17, 15) is 21.6 Å². The van der Waals surface area contributed by atoms with Crippen LogP contribution in [-0.4, -0.2) is 38.0 Å². The molecule has 7 nitrogen and oxygen atoms in total. The van der Waals surface area contributed by atoms with E-state index in [2.05, 4.69) is 14.7 Å². The van der Waals surface area contributed by atoms with Crippen LogP contribution in [0.2, 0.25) is 0 Å². The topological polar surface area (TPSA) is 101 Å². The molecule has 0 fully saturated rings. The monoisotopic (exact) mass is 491 g/mol. The fourth-order valence-electron chi connectivity index (χ4n) is 3.95. The fraction of sp³-hybridized carbons (Fsp3) is 0.304. The summed E-state index contributed by atoms with van der Waals surface area (Å²) >= 11 is 0. The van der Waals surface area contributed by atoms with Crippen LogP contribution in [0.15, 0.2) is 59.6 Å². The predicted molar refractivity (Wildman–Crippen MR) is 124 cm³/mol. The number of anilines is 2. The lowest BCUT2D eigenvalue weighted by Gasteiger charge is -2.23. The molecule has 0 radical (unpaired) electrons. The highest BCUT2D eigenvalue weighted by atomic mass is 32.2. The number of benzene rings is 1. The molecule has 1 aromatic carbocycles.